The van der Waals surface area contributed by atoms with Gasteiger partial charge in [-0.05, 0) is 45.0 Å². The van der Waals surface area contributed by atoms with Gasteiger partial charge in [0.2, 0.25) is 5.91 Å². The van der Waals surface area contributed by atoms with Crippen LogP contribution >= 0.6 is 0 Å². The number of hydrogen-bond acceptors (Lipinski definition) is 3. The van der Waals surface area contributed by atoms with Crippen molar-refractivity contribution in [1.82, 2.24) is 9.88 Å². The molecule has 0 saturated carbocycles. The lowest BCUT2D eigenvalue weighted by Crippen LogP contribution is -2.54. The van der Waals surface area contributed by atoms with Crippen LogP contribution in [0.5, 0.6) is 0 Å². The Morgan fingerprint density at radius 3 is 2.57 bits per heavy atom. The molecule has 4 heteroatoms. The summed E-state index contributed by atoms with van der Waals surface area (Å²) in [6.07, 6.45) is 0. The largest absolute Gasteiger partial charge is 0.310 e. The molecule has 2 heterocycles. The number of piperazine rings is 1. The fraction of sp³-hybridized carbons (Fsp3) is 0.368. The highest BCUT2D eigenvalue weighted by Gasteiger charge is 2.30. The van der Waals surface area contributed by atoms with Crippen LogP contribution < -0.4 is 4.90 Å². The van der Waals surface area contributed by atoms with Crippen LogP contribution in [0, 0.1) is 13.8 Å². The first-order valence-corrected chi connectivity index (χ1v) is 8.06. The van der Waals surface area contributed by atoms with Gasteiger partial charge in [-0.25, -0.2) is 0 Å². The minimum Gasteiger partial charge on any atom is -0.310 e. The standard InChI is InChI=1S/C19H23N3O/c1-14-7-9-18(10-8-14)22-11-16(3)21(13-19(22)23)12-17-6-4-5-15(2)20-17/h4-10,16H,11-13H2,1-3H3/t16-/m0/s1. The highest BCUT2D eigenvalue weighted by atomic mass is 16.2. The number of anilines is 1. The summed E-state index contributed by atoms with van der Waals surface area (Å²) in [4.78, 5) is 21.2. The van der Waals surface area contributed by atoms with Gasteiger partial charge >= 0.3 is 0 Å². The maximum Gasteiger partial charge on any atom is 0.241 e. The Morgan fingerprint density at radius 2 is 1.87 bits per heavy atom. The van der Waals surface area contributed by atoms with Gasteiger partial charge in [-0.15, -0.1) is 0 Å². The van der Waals surface area contributed by atoms with Crippen molar-refractivity contribution in [1.29, 1.82) is 0 Å². The van der Waals surface area contributed by atoms with Crippen LogP contribution in [-0.2, 0) is 11.3 Å². The molecule has 23 heavy (non-hydrogen) atoms. The molecule has 0 bridgehead atoms. The van der Waals surface area contributed by atoms with E-state index in [1.807, 2.05) is 42.2 Å². The molecule has 1 aromatic heterocycles. The van der Waals surface area contributed by atoms with Crippen molar-refractivity contribution < 1.29 is 4.79 Å². The van der Waals surface area contributed by atoms with Crippen molar-refractivity contribution in [3.05, 3.63) is 59.4 Å². The lowest BCUT2D eigenvalue weighted by atomic mass is 10.1. The molecule has 0 radical (unpaired) electrons. The lowest BCUT2D eigenvalue weighted by molar-refractivity contribution is -0.122. The van der Waals surface area contributed by atoms with Crippen molar-refractivity contribution in [2.45, 2.75) is 33.4 Å². The molecule has 0 spiro atoms. The molecule has 4 nitrogen and oxygen atoms in total. The fourth-order valence-electron chi connectivity index (χ4n) is 2.98. The molecule has 3 rings (SSSR count). The Kier molecular flexibility index (Phi) is 4.44. The van der Waals surface area contributed by atoms with Gasteiger partial charge < -0.3 is 4.90 Å². The lowest BCUT2D eigenvalue weighted by Gasteiger charge is -2.39. The van der Waals surface area contributed by atoms with Gasteiger partial charge in [0.05, 0.1) is 12.2 Å². The number of carbonyl (C=O) groups is 1. The molecule has 0 aliphatic carbocycles. The molecule has 1 saturated heterocycles. The zero-order valence-corrected chi connectivity index (χ0v) is 14.0. The Balaban J connectivity index is 1.71. The summed E-state index contributed by atoms with van der Waals surface area (Å²) in [5, 5.41) is 0. The van der Waals surface area contributed by atoms with Crippen molar-refractivity contribution in [3.63, 3.8) is 0 Å². The quantitative estimate of drug-likeness (QED) is 0.874. The van der Waals surface area contributed by atoms with Crippen molar-refractivity contribution >= 4 is 11.6 Å². The predicted molar refractivity (Wildman–Crippen MR) is 92.4 cm³/mol. The first kappa shape index (κ1) is 15.7. The molecule has 1 fully saturated rings. The summed E-state index contributed by atoms with van der Waals surface area (Å²) < 4.78 is 0. The van der Waals surface area contributed by atoms with Crippen LogP contribution in [0.4, 0.5) is 5.69 Å². The van der Waals surface area contributed by atoms with Crippen LogP contribution in [0.3, 0.4) is 0 Å². The predicted octanol–water partition coefficient (Wildman–Crippen LogP) is 2.94. The molecular weight excluding hydrogens is 286 g/mol. The molecular formula is C19H23N3O. The third-order valence-electron chi connectivity index (χ3n) is 4.37. The summed E-state index contributed by atoms with van der Waals surface area (Å²) >= 11 is 0. The second kappa shape index (κ2) is 6.50. The first-order valence-electron chi connectivity index (χ1n) is 8.06. The molecule has 0 unspecified atom stereocenters. The number of amides is 1. The average molecular weight is 309 g/mol. The van der Waals surface area contributed by atoms with Gasteiger partial charge in [0.1, 0.15) is 0 Å². The van der Waals surface area contributed by atoms with E-state index in [1.54, 1.807) is 0 Å². The highest BCUT2D eigenvalue weighted by Crippen LogP contribution is 2.21. The number of aryl methyl sites for hydroxylation is 2. The summed E-state index contributed by atoms with van der Waals surface area (Å²) in [7, 11) is 0. The van der Waals surface area contributed by atoms with Crippen LogP contribution in [0.25, 0.3) is 0 Å². The molecule has 120 valence electrons. The minimum atomic E-state index is 0.152. The van der Waals surface area contributed by atoms with E-state index >= 15 is 0 Å². The molecule has 1 amide bonds. The monoisotopic (exact) mass is 309 g/mol. The summed E-state index contributed by atoms with van der Waals surface area (Å²) in [6, 6.07) is 14.5. The summed E-state index contributed by atoms with van der Waals surface area (Å²) in [5.41, 5.74) is 4.23. The molecule has 2 aromatic rings. The Morgan fingerprint density at radius 1 is 1.13 bits per heavy atom. The molecule has 1 aromatic carbocycles. The van der Waals surface area contributed by atoms with Gasteiger partial charge in [0.25, 0.3) is 0 Å². The van der Waals surface area contributed by atoms with E-state index in [0.717, 1.165) is 23.6 Å². The van der Waals surface area contributed by atoms with E-state index < -0.39 is 0 Å². The normalized spacial score (nSPS) is 19.2. The number of rotatable bonds is 3. The first-order chi connectivity index (χ1) is 11.0. The molecule has 1 atom stereocenters. The van der Waals surface area contributed by atoms with Crippen LogP contribution in [0.1, 0.15) is 23.9 Å². The van der Waals surface area contributed by atoms with Gasteiger partial charge in [0, 0.05) is 30.5 Å². The van der Waals surface area contributed by atoms with Crippen molar-refractivity contribution in [2.24, 2.45) is 0 Å². The second-order valence-electron chi connectivity index (χ2n) is 6.36. The van der Waals surface area contributed by atoms with E-state index in [9.17, 15) is 4.79 Å². The van der Waals surface area contributed by atoms with Crippen molar-refractivity contribution in [2.75, 3.05) is 18.0 Å². The fourth-order valence-corrected chi connectivity index (χ4v) is 2.98. The average Bonchev–Trinajstić information content (AvgIpc) is 2.52. The van der Waals surface area contributed by atoms with E-state index in [2.05, 4.69) is 35.9 Å². The molecule has 0 N–H and O–H groups in total. The van der Waals surface area contributed by atoms with Crippen LogP contribution in [-0.4, -0.2) is 34.9 Å². The Labute approximate surface area is 137 Å². The number of aromatic nitrogens is 1. The molecule has 1 aliphatic heterocycles. The molecule has 1 aliphatic rings. The highest BCUT2D eigenvalue weighted by molar-refractivity contribution is 5.95. The number of benzene rings is 1. The number of nitrogens with zero attached hydrogens (tertiary/aromatic N) is 3. The third kappa shape index (κ3) is 3.59. The Hall–Kier alpha value is -2.20. The minimum absolute atomic E-state index is 0.152. The zero-order valence-electron chi connectivity index (χ0n) is 14.0. The SMILES string of the molecule is Cc1ccc(N2C[C@H](C)N(Cc3cccc(C)n3)CC2=O)cc1. The van der Waals surface area contributed by atoms with Crippen LogP contribution in [0.15, 0.2) is 42.5 Å². The third-order valence-corrected chi connectivity index (χ3v) is 4.37. The zero-order chi connectivity index (χ0) is 16.4. The topological polar surface area (TPSA) is 36.4 Å². The Bertz CT molecular complexity index is 696. The smallest absolute Gasteiger partial charge is 0.241 e. The second-order valence-corrected chi connectivity index (χ2v) is 6.36. The summed E-state index contributed by atoms with van der Waals surface area (Å²) in [6.45, 7) is 8.09. The number of hydrogen-bond donors (Lipinski definition) is 0. The van der Waals surface area contributed by atoms with E-state index in [4.69, 9.17) is 0 Å². The maximum atomic E-state index is 12.6. The van der Waals surface area contributed by atoms with Crippen molar-refractivity contribution in [3.8, 4) is 0 Å². The van der Waals surface area contributed by atoms with Gasteiger partial charge in [0.15, 0.2) is 0 Å². The van der Waals surface area contributed by atoms with E-state index in [1.165, 1.54) is 5.56 Å². The maximum absolute atomic E-state index is 12.6. The van der Waals surface area contributed by atoms with E-state index in [-0.39, 0.29) is 5.91 Å². The number of carbonyl (C=O) groups excluding carboxylic acids is 1. The van der Waals surface area contributed by atoms with Gasteiger partial charge in [-0.1, -0.05) is 23.8 Å². The van der Waals surface area contributed by atoms with Gasteiger partial charge in [-0.3, -0.25) is 14.7 Å². The number of pyridine rings is 1. The van der Waals surface area contributed by atoms with Crippen LogP contribution in [0.2, 0.25) is 0 Å². The van der Waals surface area contributed by atoms with Gasteiger partial charge in [-0.2, -0.15) is 0 Å². The van der Waals surface area contributed by atoms with E-state index in [0.29, 0.717) is 19.1 Å². The summed E-state index contributed by atoms with van der Waals surface area (Å²) in [5.74, 6) is 0.152.